The predicted molar refractivity (Wildman–Crippen MR) is 124 cm³/mol. The molecule has 1 aromatic carbocycles. The first kappa shape index (κ1) is 24.4. The number of piperidine rings is 1. The summed E-state index contributed by atoms with van der Waals surface area (Å²) in [6.45, 7) is 11.0. The monoisotopic (exact) mass is 465 g/mol. The fourth-order valence-corrected chi connectivity index (χ4v) is 4.76. The van der Waals surface area contributed by atoms with Crippen LogP contribution in [0.15, 0.2) is 18.2 Å². The quantitative estimate of drug-likeness (QED) is 0.512. The van der Waals surface area contributed by atoms with Gasteiger partial charge >= 0.3 is 0 Å². The molecule has 0 aromatic heterocycles. The van der Waals surface area contributed by atoms with Gasteiger partial charge in [0, 0.05) is 51.4 Å². The van der Waals surface area contributed by atoms with Crippen LogP contribution in [-0.2, 0) is 9.59 Å². The number of likely N-dealkylation sites (tertiary alicyclic amines) is 1. The summed E-state index contributed by atoms with van der Waals surface area (Å²) in [5.74, 6) is 0.994. The molecule has 10 heteroatoms. The van der Waals surface area contributed by atoms with Gasteiger partial charge in [0.1, 0.15) is 0 Å². The predicted octanol–water partition coefficient (Wildman–Crippen LogP) is 2.70. The molecule has 0 aliphatic carbocycles. The first-order valence-electron chi connectivity index (χ1n) is 11.1. The number of rotatable bonds is 6. The first-order chi connectivity index (χ1) is 15.1. The SMILES string of the molecule is CC1CC(C)CN(C(=O)CN2CCN(C(C)C(=O)Nc3cc([N+](=O)[O-])ccc3Cl)CC2)C1. The van der Waals surface area contributed by atoms with Crippen LogP contribution in [-0.4, -0.2) is 83.3 Å². The molecule has 0 radical (unpaired) electrons. The van der Waals surface area contributed by atoms with Crippen molar-refractivity contribution in [3.8, 4) is 0 Å². The maximum atomic E-state index is 12.7. The molecule has 3 atom stereocenters. The molecule has 9 nitrogen and oxygen atoms in total. The highest BCUT2D eigenvalue weighted by Gasteiger charge is 2.30. The number of hydrogen-bond donors (Lipinski definition) is 1. The Morgan fingerprint density at radius 3 is 2.41 bits per heavy atom. The highest BCUT2D eigenvalue weighted by Crippen LogP contribution is 2.27. The Morgan fingerprint density at radius 2 is 1.81 bits per heavy atom. The van der Waals surface area contributed by atoms with Crippen LogP contribution >= 0.6 is 11.6 Å². The van der Waals surface area contributed by atoms with Crippen LogP contribution in [0.1, 0.15) is 27.2 Å². The van der Waals surface area contributed by atoms with Crippen molar-refractivity contribution >= 4 is 34.8 Å². The average Bonchev–Trinajstić information content (AvgIpc) is 2.74. The molecule has 176 valence electrons. The van der Waals surface area contributed by atoms with E-state index >= 15 is 0 Å². The van der Waals surface area contributed by atoms with Gasteiger partial charge in [-0.2, -0.15) is 0 Å². The standard InChI is InChI=1S/C22H32ClN5O4/c1-15-10-16(2)13-27(12-15)21(29)14-25-6-8-26(9-7-25)17(3)22(30)24-20-11-18(28(31)32)4-5-19(20)23/h4-5,11,15-17H,6-10,12-14H2,1-3H3,(H,24,30). The van der Waals surface area contributed by atoms with E-state index in [0.717, 1.165) is 13.1 Å². The number of nitrogens with one attached hydrogen (secondary N) is 1. The van der Waals surface area contributed by atoms with E-state index in [1.807, 2.05) is 9.80 Å². The number of carbonyl (C=O) groups excluding carboxylic acids is 2. The second-order valence-electron chi connectivity index (χ2n) is 9.14. The van der Waals surface area contributed by atoms with Crippen LogP contribution in [0.4, 0.5) is 11.4 Å². The van der Waals surface area contributed by atoms with Crippen molar-refractivity contribution in [3.05, 3.63) is 33.3 Å². The van der Waals surface area contributed by atoms with Crippen LogP contribution < -0.4 is 5.32 Å². The smallest absolute Gasteiger partial charge is 0.271 e. The molecule has 1 aromatic rings. The molecule has 0 saturated carbocycles. The van der Waals surface area contributed by atoms with Gasteiger partial charge in [0.2, 0.25) is 11.8 Å². The van der Waals surface area contributed by atoms with Crippen molar-refractivity contribution in [3.63, 3.8) is 0 Å². The molecule has 0 spiro atoms. The number of carbonyl (C=O) groups is 2. The number of anilines is 1. The van der Waals surface area contributed by atoms with Crippen LogP contribution in [0.25, 0.3) is 0 Å². The third kappa shape index (κ3) is 6.17. The zero-order chi connectivity index (χ0) is 23.4. The van der Waals surface area contributed by atoms with E-state index in [1.54, 1.807) is 6.92 Å². The molecule has 0 bridgehead atoms. The van der Waals surface area contributed by atoms with Crippen LogP contribution in [0.2, 0.25) is 5.02 Å². The topological polar surface area (TPSA) is 99.0 Å². The molecule has 32 heavy (non-hydrogen) atoms. The Morgan fingerprint density at radius 1 is 1.19 bits per heavy atom. The van der Waals surface area contributed by atoms with Gasteiger partial charge in [0.05, 0.1) is 28.2 Å². The number of hydrogen-bond acceptors (Lipinski definition) is 6. The summed E-state index contributed by atoms with van der Waals surface area (Å²) in [7, 11) is 0. The lowest BCUT2D eigenvalue weighted by Gasteiger charge is -2.39. The zero-order valence-electron chi connectivity index (χ0n) is 18.9. The molecule has 3 unspecified atom stereocenters. The molecule has 2 aliphatic heterocycles. The highest BCUT2D eigenvalue weighted by molar-refractivity contribution is 6.33. The average molecular weight is 466 g/mol. The Balaban J connectivity index is 1.49. The van der Waals surface area contributed by atoms with Crippen molar-refractivity contribution in [1.82, 2.24) is 14.7 Å². The number of non-ortho nitro benzene ring substituents is 1. The number of halogens is 1. The second-order valence-corrected chi connectivity index (χ2v) is 9.55. The minimum absolute atomic E-state index is 0.131. The van der Waals surface area contributed by atoms with Crippen molar-refractivity contribution < 1.29 is 14.5 Å². The van der Waals surface area contributed by atoms with E-state index in [0.29, 0.717) is 44.6 Å². The van der Waals surface area contributed by atoms with E-state index in [9.17, 15) is 19.7 Å². The van der Waals surface area contributed by atoms with Gasteiger partial charge in [-0.05, 0) is 31.2 Å². The molecule has 3 rings (SSSR count). The third-order valence-corrected chi connectivity index (χ3v) is 6.66. The normalized spacial score (nSPS) is 23.6. The second kappa shape index (κ2) is 10.6. The summed E-state index contributed by atoms with van der Waals surface area (Å²) in [4.78, 5) is 42.1. The van der Waals surface area contributed by atoms with E-state index in [1.165, 1.54) is 24.6 Å². The van der Waals surface area contributed by atoms with E-state index in [2.05, 4.69) is 24.1 Å². The molecule has 2 heterocycles. The summed E-state index contributed by atoms with van der Waals surface area (Å²) in [6, 6.07) is 3.54. The van der Waals surface area contributed by atoms with Gasteiger partial charge < -0.3 is 10.2 Å². The number of nitro groups is 1. The minimum Gasteiger partial charge on any atom is -0.341 e. The Bertz CT molecular complexity index is 849. The fraction of sp³-hybridized carbons (Fsp3) is 0.636. The van der Waals surface area contributed by atoms with Gasteiger partial charge in [-0.3, -0.25) is 29.5 Å². The Hall–Kier alpha value is -2.23. The van der Waals surface area contributed by atoms with Crippen LogP contribution in [0, 0.1) is 22.0 Å². The van der Waals surface area contributed by atoms with Crippen molar-refractivity contribution in [2.75, 3.05) is 51.1 Å². The Kier molecular flexibility index (Phi) is 8.08. The van der Waals surface area contributed by atoms with Gasteiger partial charge in [-0.1, -0.05) is 25.4 Å². The van der Waals surface area contributed by atoms with Crippen LogP contribution in [0.5, 0.6) is 0 Å². The summed E-state index contributed by atoms with van der Waals surface area (Å²) in [5.41, 5.74) is 0.0973. The van der Waals surface area contributed by atoms with E-state index in [4.69, 9.17) is 11.6 Å². The van der Waals surface area contributed by atoms with Crippen molar-refractivity contribution in [2.24, 2.45) is 11.8 Å². The summed E-state index contributed by atoms with van der Waals surface area (Å²) >= 11 is 6.09. The molecule has 2 aliphatic rings. The maximum absolute atomic E-state index is 12.7. The third-order valence-electron chi connectivity index (χ3n) is 6.33. The summed E-state index contributed by atoms with van der Waals surface area (Å²) in [6.07, 6.45) is 1.17. The molecular formula is C22H32ClN5O4. The first-order valence-corrected chi connectivity index (χ1v) is 11.5. The molecule has 2 saturated heterocycles. The highest BCUT2D eigenvalue weighted by atomic mass is 35.5. The fourth-order valence-electron chi connectivity index (χ4n) is 4.59. The lowest BCUT2D eigenvalue weighted by Crippen LogP contribution is -2.55. The Labute approximate surface area is 193 Å². The molecule has 1 N–H and O–H groups in total. The molecular weight excluding hydrogens is 434 g/mol. The van der Waals surface area contributed by atoms with Crippen LogP contribution in [0.3, 0.4) is 0 Å². The van der Waals surface area contributed by atoms with Gasteiger partial charge in [-0.15, -0.1) is 0 Å². The van der Waals surface area contributed by atoms with E-state index < -0.39 is 11.0 Å². The van der Waals surface area contributed by atoms with Gasteiger partial charge in [0.25, 0.3) is 5.69 Å². The summed E-state index contributed by atoms with van der Waals surface area (Å²) in [5, 5.41) is 13.9. The van der Waals surface area contributed by atoms with E-state index in [-0.39, 0.29) is 28.2 Å². The zero-order valence-corrected chi connectivity index (χ0v) is 19.7. The number of amides is 2. The molecule has 2 amide bonds. The lowest BCUT2D eigenvalue weighted by atomic mass is 9.92. The van der Waals surface area contributed by atoms with Crippen molar-refractivity contribution in [1.29, 1.82) is 0 Å². The number of piperazine rings is 1. The lowest BCUT2D eigenvalue weighted by molar-refractivity contribution is -0.384. The van der Waals surface area contributed by atoms with Crippen molar-refractivity contribution in [2.45, 2.75) is 33.2 Å². The van der Waals surface area contributed by atoms with Gasteiger partial charge in [0.15, 0.2) is 0 Å². The largest absolute Gasteiger partial charge is 0.341 e. The molecule has 2 fully saturated rings. The number of nitrogens with zero attached hydrogens (tertiary/aromatic N) is 4. The number of nitro benzene ring substituents is 1. The maximum Gasteiger partial charge on any atom is 0.271 e. The summed E-state index contributed by atoms with van der Waals surface area (Å²) < 4.78 is 0. The van der Waals surface area contributed by atoms with Gasteiger partial charge in [-0.25, -0.2) is 0 Å². The number of benzene rings is 1. The minimum atomic E-state index is -0.527.